The van der Waals surface area contributed by atoms with Gasteiger partial charge in [-0.05, 0) is 36.2 Å². The second-order valence-electron chi connectivity index (χ2n) is 5.41. The summed E-state index contributed by atoms with van der Waals surface area (Å²) in [6.07, 6.45) is 2.22. The van der Waals surface area contributed by atoms with Crippen molar-refractivity contribution in [1.82, 2.24) is 9.88 Å². The third kappa shape index (κ3) is 3.46. The van der Waals surface area contributed by atoms with Crippen LogP contribution in [-0.2, 0) is 11.3 Å². The van der Waals surface area contributed by atoms with E-state index in [4.69, 9.17) is 5.26 Å². The minimum Gasteiger partial charge on any atom is -0.374 e. The number of amides is 1. The van der Waals surface area contributed by atoms with Gasteiger partial charge in [-0.3, -0.25) is 4.79 Å². The lowest BCUT2D eigenvalue weighted by atomic mass is 10.2. The lowest BCUT2D eigenvalue weighted by molar-refractivity contribution is -0.128. The second kappa shape index (κ2) is 6.44. The fourth-order valence-electron chi connectivity index (χ4n) is 2.62. The highest BCUT2D eigenvalue weighted by Gasteiger charge is 2.31. The fourth-order valence-corrected chi connectivity index (χ4v) is 2.62. The van der Waals surface area contributed by atoms with Crippen molar-refractivity contribution < 1.29 is 9.18 Å². The van der Waals surface area contributed by atoms with Crippen molar-refractivity contribution in [2.24, 2.45) is 0 Å². The first-order valence-corrected chi connectivity index (χ1v) is 7.31. The Hall–Kier alpha value is -2.94. The number of carbonyl (C=O) groups is 1. The number of carbonyl (C=O) groups excluding carboxylic acids is 1. The predicted molar refractivity (Wildman–Crippen MR) is 82.8 cm³/mol. The molecule has 2 heterocycles. The number of likely N-dealkylation sites (tertiary alicyclic amines) is 1. The third-order valence-electron chi connectivity index (χ3n) is 3.80. The summed E-state index contributed by atoms with van der Waals surface area (Å²) in [5, 5.41) is 12.0. The summed E-state index contributed by atoms with van der Waals surface area (Å²) in [5.41, 5.74) is 1.92. The minimum absolute atomic E-state index is 0.00430. The molecule has 1 aliphatic heterocycles. The van der Waals surface area contributed by atoms with Gasteiger partial charge in [-0.2, -0.15) is 5.26 Å². The molecule has 0 spiro atoms. The summed E-state index contributed by atoms with van der Waals surface area (Å²) in [6, 6.07) is 11.2. The Morgan fingerprint density at radius 1 is 1.35 bits per heavy atom. The number of hydrogen-bond acceptors (Lipinski definition) is 4. The maximum Gasteiger partial charge on any atom is 0.245 e. The van der Waals surface area contributed by atoms with Gasteiger partial charge in [0.25, 0.3) is 0 Å². The summed E-state index contributed by atoms with van der Waals surface area (Å²) in [5.74, 6) is -0.281. The Labute approximate surface area is 133 Å². The Morgan fingerprint density at radius 3 is 2.87 bits per heavy atom. The van der Waals surface area contributed by atoms with Crippen molar-refractivity contribution in [3.05, 3.63) is 59.7 Å². The molecule has 23 heavy (non-hydrogen) atoms. The van der Waals surface area contributed by atoms with Gasteiger partial charge in [-0.25, -0.2) is 9.37 Å². The number of aromatic nitrogens is 1. The molecule has 1 amide bonds. The molecule has 1 atom stereocenters. The lowest BCUT2D eigenvalue weighted by Crippen LogP contribution is -2.33. The van der Waals surface area contributed by atoms with Crippen LogP contribution < -0.4 is 5.32 Å². The first-order chi connectivity index (χ1) is 11.2. The van der Waals surface area contributed by atoms with Crippen LogP contribution in [-0.4, -0.2) is 28.4 Å². The zero-order chi connectivity index (χ0) is 16.2. The van der Waals surface area contributed by atoms with Gasteiger partial charge in [-0.1, -0.05) is 12.1 Å². The van der Waals surface area contributed by atoms with Crippen molar-refractivity contribution >= 4 is 11.6 Å². The van der Waals surface area contributed by atoms with E-state index >= 15 is 0 Å². The summed E-state index contributed by atoms with van der Waals surface area (Å²) >= 11 is 0. The standard InChI is InChI=1S/C17H15FN4O/c18-13-3-1-12(2-4-13)11-22-8-6-16(17(22)23)21-14-5-7-20-15(9-14)10-19/h1-5,7,9,16H,6,8,11H2,(H,20,21). The lowest BCUT2D eigenvalue weighted by Gasteiger charge is -2.17. The first kappa shape index (κ1) is 15.0. The average Bonchev–Trinajstić information content (AvgIpc) is 2.90. The molecule has 1 aromatic carbocycles. The van der Waals surface area contributed by atoms with Gasteiger partial charge < -0.3 is 10.2 Å². The maximum atomic E-state index is 12.9. The highest BCUT2D eigenvalue weighted by atomic mass is 19.1. The van der Waals surface area contributed by atoms with E-state index in [1.807, 2.05) is 6.07 Å². The number of hydrogen-bond donors (Lipinski definition) is 1. The highest BCUT2D eigenvalue weighted by Crippen LogP contribution is 2.19. The number of benzene rings is 1. The van der Waals surface area contributed by atoms with Crippen LogP contribution in [0.25, 0.3) is 0 Å². The molecule has 0 aliphatic carbocycles. The third-order valence-corrected chi connectivity index (χ3v) is 3.80. The molecule has 1 fully saturated rings. The van der Waals surface area contributed by atoms with Gasteiger partial charge >= 0.3 is 0 Å². The molecule has 2 aromatic rings. The SMILES string of the molecule is N#Cc1cc(NC2CCN(Cc3ccc(F)cc3)C2=O)ccn1. The molecular weight excluding hydrogens is 295 g/mol. The van der Waals surface area contributed by atoms with Gasteiger partial charge in [0.15, 0.2) is 0 Å². The number of halogens is 1. The van der Waals surface area contributed by atoms with E-state index in [1.54, 1.807) is 29.2 Å². The Morgan fingerprint density at radius 2 is 2.13 bits per heavy atom. The quantitative estimate of drug-likeness (QED) is 0.941. The molecule has 1 saturated heterocycles. The van der Waals surface area contributed by atoms with Crippen LogP contribution in [0.5, 0.6) is 0 Å². The van der Waals surface area contributed by atoms with Gasteiger partial charge in [0, 0.05) is 25.0 Å². The zero-order valence-corrected chi connectivity index (χ0v) is 12.4. The molecule has 3 rings (SSSR count). The number of nitriles is 1. The molecular formula is C17H15FN4O. The molecule has 1 aromatic heterocycles. The van der Waals surface area contributed by atoms with Crippen LogP contribution in [0.15, 0.2) is 42.6 Å². The van der Waals surface area contributed by atoms with Crippen LogP contribution in [0.2, 0.25) is 0 Å². The topological polar surface area (TPSA) is 69.0 Å². The summed E-state index contributed by atoms with van der Waals surface area (Å²) in [4.78, 5) is 18.1. The van der Waals surface area contributed by atoms with Crippen LogP contribution in [0.3, 0.4) is 0 Å². The average molecular weight is 310 g/mol. The Balaban J connectivity index is 1.64. The van der Waals surface area contributed by atoms with Crippen LogP contribution in [0.1, 0.15) is 17.7 Å². The van der Waals surface area contributed by atoms with E-state index in [2.05, 4.69) is 10.3 Å². The molecule has 116 valence electrons. The maximum absolute atomic E-state index is 12.9. The number of rotatable bonds is 4. The molecule has 0 radical (unpaired) electrons. The van der Waals surface area contributed by atoms with Crippen molar-refractivity contribution in [3.8, 4) is 6.07 Å². The first-order valence-electron chi connectivity index (χ1n) is 7.31. The van der Waals surface area contributed by atoms with Gasteiger partial charge in [-0.15, -0.1) is 0 Å². The van der Waals surface area contributed by atoms with Crippen molar-refractivity contribution in [2.45, 2.75) is 19.0 Å². The van der Waals surface area contributed by atoms with Gasteiger partial charge in [0.05, 0.1) is 0 Å². The molecule has 0 saturated carbocycles. The van der Waals surface area contributed by atoms with E-state index in [-0.39, 0.29) is 17.8 Å². The van der Waals surface area contributed by atoms with E-state index < -0.39 is 0 Å². The smallest absolute Gasteiger partial charge is 0.245 e. The van der Waals surface area contributed by atoms with E-state index in [0.717, 1.165) is 5.56 Å². The normalized spacial score (nSPS) is 17.1. The Kier molecular flexibility index (Phi) is 4.20. The largest absolute Gasteiger partial charge is 0.374 e. The molecule has 5 nitrogen and oxygen atoms in total. The van der Waals surface area contributed by atoms with E-state index in [0.29, 0.717) is 30.9 Å². The van der Waals surface area contributed by atoms with E-state index in [9.17, 15) is 9.18 Å². The fraction of sp³-hybridized carbons (Fsp3) is 0.235. The summed E-state index contributed by atoms with van der Waals surface area (Å²) in [6.45, 7) is 1.11. The number of nitrogens with zero attached hydrogens (tertiary/aromatic N) is 3. The number of pyridine rings is 1. The molecule has 1 aliphatic rings. The van der Waals surface area contributed by atoms with Gasteiger partial charge in [0.1, 0.15) is 23.6 Å². The number of anilines is 1. The van der Waals surface area contributed by atoms with Crippen LogP contribution in [0, 0.1) is 17.1 Å². The summed E-state index contributed by atoms with van der Waals surface area (Å²) in [7, 11) is 0. The molecule has 6 heteroatoms. The van der Waals surface area contributed by atoms with Crippen molar-refractivity contribution in [3.63, 3.8) is 0 Å². The second-order valence-corrected chi connectivity index (χ2v) is 5.41. The number of nitrogens with one attached hydrogen (secondary N) is 1. The summed E-state index contributed by atoms with van der Waals surface area (Å²) < 4.78 is 12.9. The predicted octanol–water partition coefficient (Wildman–Crippen LogP) is 2.31. The van der Waals surface area contributed by atoms with E-state index in [1.165, 1.54) is 18.3 Å². The Bertz CT molecular complexity index is 754. The van der Waals surface area contributed by atoms with Gasteiger partial charge in [0.2, 0.25) is 5.91 Å². The minimum atomic E-state index is -0.315. The molecule has 1 N–H and O–H groups in total. The molecule has 1 unspecified atom stereocenters. The van der Waals surface area contributed by atoms with Crippen LogP contribution in [0.4, 0.5) is 10.1 Å². The highest BCUT2D eigenvalue weighted by molar-refractivity contribution is 5.86. The van der Waals surface area contributed by atoms with Crippen molar-refractivity contribution in [2.75, 3.05) is 11.9 Å². The van der Waals surface area contributed by atoms with Crippen LogP contribution >= 0.6 is 0 Å². The van der Waals surface area contributed by atoms with Crippen molar-refractivity contribution in [1.29, 1.82) is 5.26 Å². The monoisotopic (exact) mass is 310 g/mol. The molecule has 0 bridgehead atoms. The zero-order valence-electron chi connectivity index (χ0n) is 12.4.